The zero-order chi connectivity index (χ0) is 23.2. The zero-order valence-corrected chi connectivity index (χ0v) is 20.0. The van der Waals surface area contributed by atoms with E-state index in [2.05, 4.69) is 57.7 Å². The van der Waals surface area contributed by atoms with Gasteiger partial charge in [-0.25, -0.2) is 23.7 Å². The van der Waals surface area contributed by atoms with Crippen molar-refractivity contribution < 1.29 is 8.78 Å². The molecule has 3 N–H and O–H groups in total. The Morgan fingerprint density at radius 2 is 1.81 bits per heavy atom. The number of halogens is 2. The van der Waals surface area contributed by atoms with Crippen molar-refractivity contribution in [3.05, 3.63) is 36.3 Å². The number of nitrogens with zero attached hydrogens (tertiary/aromatic N) is 3. The first-order valence-electron chi connectivity index (χ1n) is 10.7. The Bertz CT molecular complexity index is 898. The van der Waals surface area contributed by atoms with Crippen LogP contribution in [-0.4, -0.2) is 38.8 Å². The lowest BCUT2D eigenvalue weighted by molar-refractivity contribution is 0.618. The minimum atomic E-state index is -0.528. The number of aromatic nitrogens is 4. The van der Waals surface area contributed by atoms with Crippen LogP contribution >= 0.6 is 11.9 Å². The van der Waals surface area contributed by atoms with Crippen molar-refractivity contribution in [1.82, 2.24) is 24.7 Å². The first kappa shape index (κ1) is 26.8. The molecule has 31 heavy (non-hydrogen) atoms. The van der Waals surface area contributed by atoms with Crippen molar-refractivity contribution in [2.24, 2.45) is 5.92 Å². The van der Waals surface area contributed by atoms with E-state index in [1.807, 2.05) is 13.8 Å². The number of pyridine rings is 1. The predicted octanol–water partition coefficient (Wildman–Crippen LogP) is 6.05. The van der Waals surface area contributed by atoms with Gasteiger partial charge in [0.2, 0.25) is 0 Å². The molecule has 0 atom stereocenters. The average Bonchev–Trinajstić information content (AvgIpc) is 3.16. The van der Waals surface area contributed by atoms with E-state index in [9.17, 15) is 8.78 Å². The predicted molar refractivity (Wildman–Crippen MR) is 128 cm³/mol. The summed E-state index contributed by atoms with van der Waals surface area (Å²) in [6.07, 6.45) is 4.94. The standard InChI is InChI=1S/C16H18F2N6S.C4H10.C2H6/c1-2-3-23-25-5-4-19-16-13(18)9-22-15(24-16)12-8-21-14-11(12)6-10(17)7-20-14;1-4(2)3;1-2/h6-9,23H,2-5H2,1H3,(H,20,21)(H,19,22,24);4H,1-3H3;1-2H3. The van der Waals surface area contributed by atoms with E-state index < -0.39 is 11.6 Å². The van der Waals surface area contributed by atoms with Crippen LogP contribution < -0.4 is 10.0 Å². The Morgan fingerprint density at radius 3 is 2.48 bits per heavy atom. The third-order valence-corrected chi connectivity index (χ3v) is 4.25. The molecule has 0 aliphatic carbocycles. The number of anilines is 1. The molecular formula is C22H34F2N6S. The molecule has 172 valence electrons. The molecular weight excluding hydrogens is 418 g/mol. The van der Waals surface area contributed by atoms with Crippen molar-refractivity contribution in [3.8, 4) is 11.4 Å². The Hall–Kier alpha value is -2.26. The van der Waals surface area contributed by atoms with E-state index in [0.717, 1.165) is 37.0 Å². The fraction of sp³-hybridized carbons (Fsp3) is 0.500. The summed E-state index contributed by atoms with van der Waals surface area (Å²) in [5, 5.41) is 3.52. The fourth-order valence-electron chi connectivity index (χ4n) is 2.25. The normalized spacial score (nSPS) is 10.4. The molecule has 0 spiro atoms. The summed E-state index contributed by atoms with van der Waals surface area (Å²) in [5.41, 5.74) is 1.10. The van der Waals surface area contributed by atoms with E-state index in [4.69, 9.17) is 0 Å². The Labute approximate surface area is 188 Å². The van der Waals surface area contributed by atoms with Gasteiger partial charge >= 0.3 is 0 Å². The molecule has 0 amide bonds. The lowest BCUT2D eigenvalue weighted by Crippen LogP contribution is -2.12. The van der Waals surface area contributed by atoms with Gasteiger partial charge < -0.3 is 10.3 Å². The van der Waals surface area contributed by atoms with E-state index in [0.29, 0.717) is 29.0 Å². The minimum absolute atomic E-state index is 0.125. The van der Waals surface area contributed by atoms with Crippen molar-refractivity contribution >= 4 is 28.8 Å². The Balaban J connectivity index is 0.000000720. The summed E-state index contributed by atoms with van der Waals surface area (Å²) in [4.78, 5) is 15.2. The molecule has 3 heterocycles. The highest BCUT2D eigenvalue weighted by atomic mass is 32.2. The third-order valence-electron chi connectivity index (χ3n) is 3.43. The molecule has 0 bridgehead atoms. The minimum Gasteiger partial charge on any atom is -0.367 e. The SMILES string of the molecule is CC.CC(C)C.CCCNSCCNc1nc(-c2c[nH]c3ncc(F)cc23)ncc1F. The molecule has 0 fully saturated rings. The molecule has 3 aromatic rings. The molecule has 0 saturated heterocycles. The van der Waals surface area contributed by atoms with Crippen molar-refractivity contribution in [2.45, 2.75) is 48.0 Å². The molecule has 9 heteroatoms. The van der Waals surface area contributed by atoms with Crippen LogP contribution in [-0.2, 0) is 0 Å². The Kier molecular flexibility index (Phi) is 12.7. The molecule has 3 aromatic heterocycles. The van der Waals surface area contributed by atoms with Crippen LogP contribution in [0.25, 0.3) is 22.4 Å². The maximum Gasteiger partial charge on any atom is 0.183 e. The quantitative estimate of drug-likeness (QED) is 0.285. The van der Waals surface area contributed by atoms with Crippen molar-refractivity contribution in [3.63, 3.8) is 0 Å². The molecule has 0 aliphatic rings. The summed E-state index contributed by atoms with van der Waals surface area (Å²) >= 11 is 1.58. The topological polar surface area (TPSA) is 78.5 Å². The molecule has 3 rings (SSSR count). The number of rotatable bonds is 8. The van der Waals surface area contributed by atoms with Crippen LogP contribution in [0.3, 0.4) is 0 Å². The van der Waals surface area contributed by atoms with Crippen LogP contribution in [0, 0.1) is 17.6 Å². The summed E-state index contributed by atoms with van der Waals surface area (Å²) in [5.74, 6) is 1.05. The smallest absolute Gasteiger partial charge is 0.183 e. The molecule has 6 nitrogen and oxygen atoms in total. The number of H-pyrrole nitrogens is 1. The molecule has 0 radical (unpaired) electrons. The van der Waals surface area contributed by atoms with Gasteiger partial charge in [0.1, 0.15) is 11.5 Å². The van der Waals surface area contributed by atoms with Gasteiger partial charge in [0.25, 0.3) is 0 Å². The van der Waals surface area contributed by atoms with Gasteiger partial charge in [0.05, 0.1) is 12.4 Å². The van der Waals surface area contributed by atoms with E-state index >= 15 is 0 Å². The van der Waals surface area contributed by atoms with Crippen LogP contribution in [0.1, 0.15) is 48.0 Å². The number of hydrogen-bond donors (Lipinski definition) is 3. The Morgan fingerprint density at radius 1 is 1.10 bits per heavy atom. The second kappa shape index (κ2) is 14.7. The summed E-state index contributed by atoms with van der Waals surface area (Å²) in [7, 11) is 0. The van der Waals surface area contributed by atoms with Gasteiger partial charge in [0, 0.05) is 36.0 Å². The van der Waals surface area contributed by atoms with Gasteiger partial charge in [-0.05, 0) is 18.4 Å². The maximum atomic E-state index is 13.9. The van der Waals surface area contributed by atoms with Crippen LogP contribution in [0.5, 0.6) is 0 Å². The van der Waals surface area contributed by atoms with E-state index in [1.165, 1.54) is 6.07 Å². The second-order valence-corrected chi connectivity index (χ2v) is 8.03. The van der Waals surface area contributed by atoms with E-state index in [-0.39, 0.29) is 5.82 Å². The van der Waals surface area contributed by atoms with Crippen LogP contribution in [0.2, 0.25) is 0 Å². The van der Waals surface area contributed by atoms with Crippen molar-refractivity contribution in [2.75, 3.05) is 24.2 Å². The second-order valence-electron chi connectivity index (χ2n) is 7.04. The van der Waals surface area contributed by atoms with E-state index in [1.54, 1.807) is 18.1 Å². The molecule has 0 aliphatic heterocycles. The first-order valence-corrected chi connectivity index (χ1v) is 11.6. The number of fused-ring (bicyclic) bond motifs is 1. The van der Waals surface area contributed by atoms with Crippen molar-refractivity contribution in [1.29, 1.82) is 0 Å². The monoisotopic (exact) mass is 452 g/mol. The number of hydrogen-bond acceptors (Lipinski definition) is 6. The number of nitrogens with one attached hydrogen (secondary N) is 3. The molecule has 0 saturated carbocycles. The van der Waals surface area contributed by atoms with Crippen LogP contribution in [0.4, 0.5) is 14.6 Å². The largest absolute Gasteiger partial charge is 0.367 e. The third kappa shape index (κ3) is 9.18. The van der Waals surface area contributed by atoms with Gasteiger partial charge in [-0.2, -0.15) is 0 Å². The maximum absolute atomic E-state index is 13.9. The van der Waals surface area contributed by atoms with Crippen LogP contribution in [0.15, 0.2) is 24.7 Å². The highest BCUT2D eigenvalue weighted by Gasteiger charge is 2.13. The average molecular weight is 453 g/mol. The molecule has 0 aromatic carbocycles. The fourth-order valence-corrected chi connectivity index (χ4v) is 2.95. The van der Waals surface area contributed by atoms with Gasteiger partial charge in [-0.15, -0.1) is 0 Å². The zero-order valence-electron chi connectivity index (χ0n) is 19.2. The summed E-state index contributed by atoms with van der Waals surface area (Å²) in [6.45, 7) is 14.1. The summed E-state index contributed by atoms with van der Waals surface area (Å²) in [6, 6.07) is 1.35. The first-order chi connectivity index (χ1) is 14.9. The van der Waals surface area contributed by atoms with Gasteiger partial charge in [-0.3, -0.25) is 4.72 Å². The summed E-state index contributed by atoms with van der Waals surface area (Å²) < 4.78 is 30.6. The molecule has 0 unspecified atom stereocenters. The highest BCUT2D eigenvalue weighted by molar-refractivity contribution is 7.97. The lowest BCUT2D eigenvalue weighted by Gasteiger charge is -2.08. The van der Waals surface area contributed by atoms with Gasteiger partial charge in [-0.1, -0.05) is 53.5 Å². The number of aromatic amines is 1. The van der Waals surface area contributed by atoms with Gasteiger partial charge in [0.15, 0.2) is 17.5 Å². The highest BCUT2D eigenvalue weighted by Crippen LogP contribution is 2.26. The lowest BCUT2D eigenvalue weighted by atomic mass is 10.2.